The molecule has 1 atom stereocenters. The Morgan fingerprint density at radius 3 is 2.38 bits per heavy atom. The third-order valence-corrected chi connectivity index (χ3v) is 3.02. The largest absolute Gasteiger partial charge is 0.395 e. The number of aliphatic hydroxyl groups is 1. The lowest BCUT2D eigenvalue weighted by atomic mass is 10.2. The SMILES string of the molecule is CCNC(CO)CCSC(C)(C)C. The standard InChI is InChI=1S/C10H23NOS/c1-5-11-9(8-12)6-7-13-10(2,3)4/h9,11-12H,5-8H2,1-4H3. The predicted octanol–water partition coefficient (Wildman–Crippen LogP) is 1.88. The van der Waals surface area contributed by atoms with Crippen molar-refractivity contribution in [3.05, 3.63) is 0 Å². The molecule has 0 aliphatic carbocycles. The number of hydrogen-bond donors (Lipinski definition) is 2. The molecule has 0 saturated heterocycles. The number of aliphatic hydroxyl groups excluding tert-OH is 1. The number of likely N-dealkylation sites (N-methyl/N-ethyl adjacent to an activating group) is 1. The topological polar surface area (TPSA) is 32.3 Å². The number of nitrogens with one attached hydrogen (secondary N) is 1. The molecule has 13 heavy (non-hydrogen) atoms. The van der Waals surface area contributed by atoms with Crippen LogP contribution in [0.4, 0.5) is 0 Å². The highest BCUT2D eigenvalue weighted by Gasteiger charge is 2.12. The first kappa shape index (κ1) is 13.3. The van der Waals surface area contributed by atoms with Crippen LogP contribution >= 0.6 is 11.8 Å². The first-order chi connectivity index (χ1) is 5.99. The van der Waals surface area contributed by atoms with Crippen LogP contribution in [0.2, 0.25) is 0 Å². The van der Waals surface area contributed by atoms with Crippen LogP contribution in [0.15, 0.2) is 0 Å². The van der Waals surface area contributed by atoms with E-state index in [0.29, 0.717) is 4.75 Å². The van der Waals surface area contributed by atoms with E-state index >= 15 is 0 Å². The van der Waals surface area contributed by atoms with Gasteiger partial charge in [-0.2, -0.15) is 11.8 Å². The normalized spacial score (nSPS) is 14.5. The van der Waals surface area contributed by atoms with Gasteiger partial charge in [-0.1, -0.05) is 27.7 Å². The fraction of sp³-hybridized carbons (Fsp3) is 1.00. The van der Waals surface area contributed by atoms with Gasteiger partial charge in [0.25, 0.3) is 0 Å². The summed E-state index contributed by atoms with van der Waals surface area (Å²) in [7, 11) is 0. The summed E-state index contributed by atoms with van der Waals surface area (Å²) in [4.78, 5) is 0. The predicted molar refractivity (Wildman–Crippen MR) is 61.4 cm³/mol. The lowest BCUT2D eigenvalue weighted by Gasteiger charge is -2.20. The van der Waals surface area contributed by atoms with E-state index in [0.717, 1.165) is 18.7 Å². The van der Waals surface area contributed by atoms with E-state index in [-0.39, 0.29) is 12.6 Å². The molecular formula is C10H23NOS. The summed E-state index contributed by atoms with van der Waals surface area (Å²) >= 11 is 1.95. The Labute approximate surface area is 86.5 Å². The van der Waals surface area contributed by atoms with Gasteiger partial charge in [-0.25, -0.2) is 0 Å². The number of hydrogen-bond acceptors (Lipinski definition) is 3. The highest BCUT2D eigenvalue weighted by molar-refractivity contribution is 8.00. The summed E-state index contributed by atoms with van der Waals surface area (Å²) < 4.78 is 0.340. The molecule has 0 rings (SSSR count). The summed E-state index contributed by atoms with van der Waals surface area (Å²) in [5.41, 5.74) is 0. The van der Waals surface area contributed by atoms with Crippen LogP contribution < -0.4 is 5.32 Å². The van der Waals surface area contributed by atoms with Crippen LogP contribution in [-0.2, 0) is 0 Å². The van der Waals surface area contributed by atoms with E-state index in [2.05, 4.69) is 33.0 Å². The quantitative estimate of drug-likeness (QED) is 0.694. The van der Waals surface area contributed by atoms with Crippen molar-refractivity contribution in [3.8, 4) is 0 Å². The number of thioether (sulfide) groups is 1. The third-order valence-electron chi connectivity index (χ3n) is 1.71. The average Bonchev–Trinajstić information content (AvgIpc) is 2.01. The molecule has 2 N–H and O–H groups in total. The van der Waals surface area contributed by atoms with Crippen LogP contribution in [0.5, 0.6) is 0 Å². The van der Waals surface area contributed by atoms with Crippen molar-refractivity contribution in [3.63, 3.8) is 0 Å². The minimum absolute atomic E-state index is 0.249. The van der Waals surface area contributed by atoms with Crippen molar-refractivity contribution in [1.29, 1.82) is 0 Å². The molecule has 0 aromatic carbocycles. The Balaban J connectivity index is 3.49. The van der Waals surface area contributed by atoms with Gasteiger partial charge in [-0.05, 0) is 18.7 Å². The molecule has 0 heterocycles. The molecule has 0 spiro atoms. The van der Waals surface area contributed by atoms with Crippen molar-refractivity contribution in [2.45, 2.75) is 44.9 Å². The highest BCUT2D eigenvalue weighted by atomic mass is 32.2. The zero-order chi connectivity index (χ0) is 10.3. The van der Waals surface area contributed by atoms with Gasteiger partial charge in [0.2, 0.25) is 0 Å². The van der Waals surface area contributed by atoms with Crippen LogP contribution in [-0.4, -0.2) is 34.8 Å². The Morgan fingerprint density at radius 1 is 1.38 bits per heavy atom. The van der Waals surface area contributed by atoms with Gasteiger partial charge >= 0.3 is 0 Å². The molecule has 0 aliphatic rings. The zero-order valence-electron chi connectivity index (χ0n) is 9.26. The Morgan fingerprint density at radius 2 is 2.00 bits per heavy atom. The second-order valence-corrected chi connectivity index (χ2v) is 6.11. The zero-order valence-corrected chi connectivity index (χ0v) is 10.1. The molecule has 0 amide bonds. The smallest absolute Gasteiger partial charge is 0.0584 e. The molecule has 3 heteroatoms. The maximum Gasteiger partial charge on any atom is 0.0584 e. The molecule has 1 unspecified atom stereocenters. The van der Waals surface area contributed by atoms with Crippen LogP contribution in [0.3, 0.4) is 0 Å². The maximum absolute atomic E-state index is 9.01. The van der Waals surface area contributed by atoms with Crippen LogP contribution in [0.25, 0.3) is 0 Å². The van der Waals surface area contributed by atoms with Crippen LogP contribution in [0.1, 0.15) is 34.1 Å². The average molecular weight is 205 g/mol. The maximum atomic E-state index is 9.01. The van der Waals surface area contributed by atoms with Gasteiger partial charge in [0.1, 0.15) is 0 Å². The van der Waals surface area contributed by atoms with E-state index in [4.69, 9.17) is 5.11 Å². The molecule has 0 radical (unpaired) electrons. The van der Waals surface area contributed by atoms with Crippen molar-refractivity contribution in [2.24, 2.45) is 0 Å². The summed E-state index contributed by atoms with van der Waals surface area (Å²) in [6, 6.07) is 0.278. The minimum Gasteiger partial charge on any atom is -0.395 e. The monoisotopic (exact) mass is 205 g/mol. The number of rotatable bonds is 6. The summed E-state index contributed by atoms with van der Waals surface area (Å²) in [6.45, 7) is 9.92. The van der Waals surface area contributed by atoms with Crippen molar-refractivity contribution < 1.29 is 5.11 Å². The second kappa shape index (κ2) is 6.68. The third kappa shape index (κ3) is 8.60. The van der Waals surface area contributed by atoms with E-state index < -0.39 is 0 Å². The Hall–Kier alpha value is 0.270. The van der Waals surface area contributed by atoms with E-state index in [1.54, 1.807) is 0 Å². The summed E-state index contributed by atoms with van der Waals surface area (Å²) in [5.74, 6) is 1.11. The van der Waals surface area contributed by atoms with Crippen molar-refractivity contribution >= 4 is 11.8 Å². The van der Waals surface area contributed by atoms with Gasteiger partial charge < -0.3 is 10.4 Å². The molecule has 0 aromatic rings. The first-order valence-electron chi connectivity index (χ1n) is 4.97. The molecule has 0 aliphatic heterocycles. The summed E-state index contributed by atoms with van der Waals surface area (Å²) in [5, 5.41) is 12.3. The summed E-state index contributed by atoms with van der Waals surface area (Å²) in [6.07, 6.45) is 1.05. The van der Waals surface area contributed by atoms with Gasteiger partial charge in [-0.3, -0.25) is 0 Å². The van der Waals surface area contributed by atoms with Crippen molar-refractivity contribution in [1.82, 2.24) is 5.32 Å². The van der Waals surface area contributed by atoms with E-state index in [1.807, 2.05) is 11.8 Å². The lowest BCUT2D eigenvalue weighted by molar-refractivity contribution is 0.241. The van der Waals surface area contributed by atoms with E-state index in [9.17, 15) is 0 Å². The fourth-order valence-corrected chi connectivity index (χ4v) is 2.07. The van der Waals surface area contributed by atoms with Crippen molar-refractivity contribution in [2.75, 3.05) is 18.9 Å². The molecule has 0 fully saturated rings. The van der Waals surface area contributed by atoms with Gasteiger partial charge in [0.15, 0.2) is 0 Å². The molecule has 0 bridgehead atoms. The second-order valence-electron chi connectivity index (χ2n) is 4.19. The van der Waals surface area contributed by atoms with Crippen LogP contribution in [0, 0.1) is 0 Å². The highest BCUT2D eigenvalue weighted by Crippen LogP contribution is 2.23. The molecule has 2 nitrogen and oxygen atoms in total. The van der Waals surface area contributed by atoms with Gasteiger partial charge in [0, 0.05) is 10.8 Å². The van der Waals surface area contributed by atoms with Gasteiger partial charge in [0.05, 0.1) is 6.61 Å². The first-order valence-corrected chi connectivity index (χ1v) is 5.96. The Kier molecular flexibility index (Phi) is 6.82. The fourth-order valence-electron chi connectivity index (χ4n) is 1.05. The molecule has 0 saturated carbocycles. The van der Waals surface area contributed by atoms with E-state index in [1.165, 1.54) is 0 Å². The molecular weight excluding hydrogens is 182 g/mol. The van der Waals surface area contributed by atoms with Gasteiger partial charge in [-0.15, -0.1) is 0 Å². The molecule has 80 valence electrons. The molecule has 0 aromatic heterocycles. The lowest BCUT2D eigenvalue weighted by Crippen LogP contribution is -2.33. The minimum atomic E-state index is 0.249. The Bertz CT molecular complexity index is 123.